The van der Waals surface area contributed by atoms with Crippen LogP contribution < -0.4 is 16.4 Å². The van der Waals surface area contributed by atoms with Crippen LogP contribution in [0.3, 0.4) is 0 Å². The fraction of sp³-hybridized carbons (Fsp3) is 0.222. The first-order valence-electron chi connectivity index (χ1n) is 4.49. The van der Waals surface area contributed by atoms with Gasteiger partial charge in [-0.25, -0.2) is 9.78 Å². The molecule has 86 valence electrons. The highest BCUT2D eigenvalue weighted by molar-refractivity contribution is 5.87. The van der Waals surface area contributed by atoms with E-state index in [4.69, 9.17) is 10.8 Å². The number of aromatic carboxylic acids is 1. The lowest BCUT2D eigenvalue weighted by Crippen LogP contribution is -2.26. The minimum Gasteiger partial charge on any atom is -0.477 e. The second-order valence-corrected chi connectivity index (χ2v) is 2.97. The number of carboxylic acid groups (broad SMARTS) is 1. The van der Waals surface area contributed by atoms with E-state index in [9.17, 15) is 9.59 Å². The summed E-state index contributed by atoms with van der Waals surface area (Å²) in [5.41, 5.74) is 5.72. The molecule has 0 aliphatic carbocycles. The van der Waals surface area contributed by atoms with Gasteiger partial charge in [-0.1, -0.05) is 0 Å². The zero-order valence-electron chi connectivity index (χ0n) is 8.65. The van der Waals surface area contributed by atoms with Gasteiger partial charge in [0.15, 0.2) is 11.5 Å². The molecule has 1 heterocycles. The van der Waals surface area contributed by atoms with Crippen molar-refractivity contribution in [2.75, 3.05) is 24.6 Å². The first kappa shape index (κ1) is 11.8. The quantitative estimate of drug-likeness (QED) is 0.548. The van der Waals surface area contributed by atoms with Crippen molar-refractivity contribution in [3.05, 3.63) is 17.8 Å². The number of nitrogens with two attached hydrogens (primary N) is 1. The second kappa shape index (κ2) is 4.96. The van der Waals surface area contributed by atoms with Crippen molar-refractivity contribution in [3.63, 3.8) is 0 Å². The first-order chi connectivity index (χ1) is 7.54. The number of rotatable bonds is 4. The lowest BCUT2D eigenvalue weighted by atomic mass is 10.3. The monoisotopic (exact) mass is 224 g/mol. The van der Waals surface area contributed by atoms with Crippen LogP contribution in [-0.2, 0) is 4.79 Å². The van der Waals surface area contributed by atoms with E-state index >= 15 is 0 Å². The maximum atomic E-state index is 11.0. The van der Waals surface area contributed by atoms with E-state index in [1.165, 1.54) is 19.2 Å². The van der Waals surface area contributed by atoms with Crippen molar-refractivity contribution in [2.45, 2.75) is 0 Å². The van der Waals surface area contributed by atoms with Crippen molar-refractivity contribution in [3.8, 4) is 0 Å². The van der Waals surface area contributed by atoms with E-state index < -0.39 is 5.97 Å². The third kappa shape index (κ3) is 2.84. The summed E-state index contributed by atoms with van der Waals surface area (Å²) in [7, 11) is 1.49. The molecule has 0 atom stereocenters. The predicted molar refractivity (Wildman–Crippen MR) is 58.2 cm³/mol. The average molecular weight is 224 g/mol. The van der Waals surface area contributed by atoms with Gasteiger partial charge in [0.25, 0.3) is 0 Å². The SMILES string of the molecule is CNC(=O)CNc1nc(C(=O)O)ccc1N. The Bertz CT molecular complexity index is 419. The van der Waals surface area contributed by atoms with Crippen LogP contribution in [0.15, 0.2) is 12.1 Å². The van der Waals surface area contributed by atoms with Gasteiger partial charge in [-0.2, -0.15) is 0 Å². The minimum atomic E-state index is -1.15. The van der Waals surface area contributed by atoms with Gasteiger partial charge in [-0.3, -0.25) is 4.79 Å². The fourth-order valence-electron chi connectivity index (χ4n) is 0.983. The van der Waals surface area contributed by atoms with E-state index in [1.807, 2.05) is 0 Å². The van der Waals surface area contributed by atoms with Crippen LogP contribution in [0.4, 0.5) is 11.5 Å². The molecule has 0 saturated heterocycles. The number of likely N-dealkylation sites (N-methyl/N-ethyl adjacent to an activating group) is 1. The molecule has 0 radical (unpaired) electrons. The van der Waals surface area contributed by atoms with E-state index in [0.29, 0.717) is 0 Å². The number of nitrogen functional groups attached to an aromatic ring is 1. The van der Waals surface area contributed by atoms with Crippen LogP contribution in [0.25, 0.3) is 0 Å². The highest BCUT2D eigenvalue weighted by atomic mass is 16.4. The third-order valence-corrected chi connectivity index (χ3v) is 1.84. The van der Waals surface area contributed by atoms with Crippen molar-refractivity contribution in [2.24, 2.45) is 0 Å². The summed E-state index contributed by atoms with van der Waals surface area (Å²) < 4.78 is 0. The smallest absolute Gasteiger partial charge is 0.354 e. The molecule has 0 aromatic carbocycles. The van der Waals surface area contributed by atoms with Gasteiger partial charge in [-0.15, -0.1) is 0 Å². The fourth-order valence-corrected chi connectivity index (χ4v) is 0.983. The Balaban J connectivity index is 2.82. The van der Waals surface area contributed by atoms with Gasteiger partial charge in [0.2, 0.25) is 5.91 Å². The van der Waals surface area contributed by atoms with Crippen molar-refractivity contribution < 1.29 is 14.7 Å². The van der Waals surface area contributed by atoms with Crippen LogP contribution in [0, 0.1) is 0 Å². The molecular formula is C9H12N4O3. The summed E-state index contributed by atoms with van der Waals surface area (Å²) in [4.78, 5) is 25.4. The zero-order valence-corrected chi connectivity index (χ0v) is 8.65. The largest absolute Gasteiger partial charge is 0.477 e. The number of carbonyl (C=O) groups is 2. The number of amides is 1. The zero-order chi connectivity index (χ0) is 12.1. The number of nitrogens with zero attached hydrogens (tertiary/aromatic N) is 1. The molecule has 0 saturated carbocycles. The van der Waals surface area contributed by atoms with Gasteiger partial charge in [-0.05, 0) is 12.1 Å². The molecule has 0 spiro atoms. The molecule has 0 aliphatic heterocycles. The summed E-state index contributed by atoms with van der Waals surface area (Å²) in [6, 6.07) is 2.71. The van der Waals surface area contributed by atoms with Gasteiger partial charge in [0, 0.05) is 7.05 Å². The molecule has 16 heavy (non-hydrogen) atoms. The van der Waals surface area contributed by atoms with Crippen LogP contribution >= 0.6 is 0 Å². The number of carbonyl (C=O) groups excluding carboxylic acids is 1. The summed E-state index contributed by atoms with van der Waals surface area (Å²) in [6.45, 7) is -0.0171. The Morgan fingerprint density at radius 1 is 1.50 bits per heavy atom. The molecule has 0 bridgehead atoms. The highest BCUT2D eigenvalue weighted by Gasteiger charge is 2.09. The summed E-state index contributed by atoms with van der Waals surface area (Å²) in [5, 5.41) is 13.8. The lowest BCUT2D eigenvalue weighted by Gasteiger charge is -2.07. The Morgan fingerprint density at radius 2 is 2.19 bits per heavy atom. The van der Waals surface area contributed by atoms with Crippen LogP contribution in [0.5, 0.6) is 0 Å². The van der Waals surface area contributed by atoms with E-state index in [1.54, 1.807) is 0 Å². The maximum absolute atomic E-state index is 11.0. The Hall–Kier alpha value is -2.31. The average Bonchev–Trinajstić information content (AvgIpc) is 2.27. The Labute approximate surface area is 91.7 Å². The highest BCUT2D eigenvalue weighted by Crippen LogP contribution is 2.15. The Kier molecular flexibility index (Phi) is 3.65. The number of hydrogen-bond acceptors (Lipinski definition) is 5. The van der Waals surface area contributed by atoms with Crippen molar-refractivity contribution >= 4 is 23.4 Å². The van der Waals surface area contributed by atoms with Crippen LogP contribution in [0.1, 0.15) is 10.5 Å². The second-order valence-electron chi connectivity index (χ2n) is 2.97. The van der Waals surface area contributed by atoms with E-state index in [0.717, 1.165) is 0 Å². The summed E-state index contributed by atoms with van der Waals surface area (Å²) in [5.74, 6) is -1.21. The molecule has 0 unspecified atom stereocenters. The van der Waals surface area contributed by atoms with Crippen molar-refractivity contribution in [1.82, 2.24) is 10.3 Å². The lowest BCUT2D eigenvalue weighted by molar-refractivity contribution is -0.118. The summed E-state index contributed by atoms with van der Waals surface area (Å²) >= 11 is 0. The number of pyridine rings is 1. The van der Waals surface area contributed by atoms with E-state index in [2.05, 4.69) is 15.6 Å². The number of carboxylic acids is 1. The van der Waals surface area contributed by atoms with Crippen molar-refractivity contribution in [1.29, 1.82) is 0 Å². The third-order valence-electron chi connectivity index (χ3n) is 1.84. The molecule has 7 heteroatoms. The predicted octanol–water partition coefficient (Wildman–Crippen LogP) is -0.480. The number of hydrogen-bond donors (Lipinski definition) is 4. The minimum absolute atomic E-state index is 0.0171. The standard InChI is InChI=1S/C9H12N4O3/c1-11-7(14)4-12-8-5(10)2-3-6(13-8)9(15)16/h2-3H,4,10H2,1H3,(H,11,14)(H,12,13)(H,15,16). The molecule has 1 aromatic rings. The number of aromatic nitrogens is 1. The van der Waals surface area contributed by atoms with Gasteiger partial charge >= 0.3 is 5.97 Å². The van der Waals surface area contributed by atoms with Crippen LogP contribution in [-0.4, -0.2) is 35.6 Å². The topological polar surface area (TPSA) is 117 Å². The number of nitrogens with one attached hydrogen (secondary N) is 2. The summed E-state index contributed by atoms with van der Waals surface area (Å²) in [6.07, 6.45) is 0. The number of anilines is 2. The molecule has 0 fully saturated rings. The Morgan fingerprint density at radius 3 is 2.75 bits per heavy atom. The van der Waals surface area contributed by atoms with E-state index in [-0.39, 0.29) is 29.7 Å². The molecule has 5 N–H and O–H groups in total. The van der Waals surface area contributed by atoms with Crippen LogP contribution in [0.2, 0.25) is 0 Å². The molecule has 0 aliphatic rings. The molecule has 1 aromatic heterocycles. The maximum Gasteiger partial charge on any atom is 0.354 e. The molecular weight excluding hydrogens is 212 g/mol. The molecule has 1 rings (SSSR count). The molecule has 7 nitrogen and oxygen atoms in total. The van der Waals surface area contributed by atoms with Gasteiger partial charge in [0.1, 0.15) is 0 Å². The van der Waals surface area contributed by atoms with Gasteiger partial charge < -0.3 is 21.5 Å². The molecule has 1 amide bonds. The first-order valence-corrected chi connectivity index (χ1v) is 4.49. The van der Waals surface area contributed by atoms with Gasteiger partial charge in [0.05, 0.1) is 12.2 Å². The normalized spacial score (nSPS) is 9.56.